The van der Waals surface area contributed by atoms with Crippen molar-refractivity contribution in [2.45, 2.75) is 32.1 Å². The molecule has 1 N–H and O–H groups in total. The van der Waals surface area contributed by atoms with Crippen LogP contribution in [-0.4, -0.2) is 46.9 Å². The zero-order valence-electron chi connectivity index (χ0n) is 15.4. The Balaban J connectivity index is 1.65. The van der Waals surface area contributed by atoms with Gasteiger partial charge < -0.3 is 10.0 Å². The van der Waals surface area contributed by atoms with E-state index in [4.69, 9.17) is 0 Å². The predicted octanol–water partition coefficient (Wildman–Crippen LogP) is 2.51. The molecule has 1 aliphatic rings. The Morgan fingerprint density at radius 2 is 1.93 bits per heavy atom. The molecule has 0 bridgehead atoms. The van der Waals surface area contributed by atoms with Crippen molar-refractivity contribution in [3.63, 3.8) is 0 Å². The largest absolute Gasteiger partial charge is 0.506 e. The molecule has 1 atom stereocenters. The third-order valence-electron chi connectivity index (χ3n) is 4.81. The molecule has 0 spiro atoms. The number of aromatic nitrogens is 5. The summed E-state index contributed by atoms with van der Waals surface area (Å²) in [6, 6.07) is 2.46. The van der Waals surface area contributed by atoms with Gasteiger partial charge in [0.05, 0.1) is 35.8 Å². The number of nitrogens with zero attached hydrogens (tertiary/aromatic N) is 6. The lowest BCUT2D eigenvalue weighted by molar-refractivity contribution is -0.138. The molecule has 0 fully saturated rings. The smallest absolute Gasteiger partial charge is 0.419 e. The maximum Gasteiger partial charge on any atom is 0.419 e. The lowest BCUT2D eigenvalue weighted by Crippen LogP contribution is -2.43. The summed E-state index contributed by atoms with van der Waals surface area (Å²) in [5.74, 6) is -2.38. The van der Waals surface area contributed by atoms with Crippen molar-refractivity contribution in [3.05, 3.63) is 58.9 Å². The first-order valence-corrected chi connectivity index (χ1v) is 8.78. The number of para-hydroxylation sites is 1. The van der Waals surface area contributed by atoms with Crippen molar-refractivity contribution < 1.29 is 27.5 Å². The fraction of sp³-hybridized carbons (Fsp3) is 0.278. The van der Waals surface area contributed by atoms with Gasteiger partial charge >= 0.3 is 6.18 Å². The van der Waals surface area contributed by atoms with E-state index in [0.29, 0.717) is 17.5 Å². The fourth-order valence-electron chi connectivity index (χ4n) is 3.31. The summed E-state index contributed by atoms with van der Waals surface area (Å²) < 4.78 is 53.6. The van der Waals surface area contributed by atoms with Gasteiger partial charge in [-0.25, -0.2) is 14.4 Å². The topological polar surface area (TPSA) is 97.0 Å². The molecular formula is C18H14F4N6O2. The number of aromatic hydroxyl groups is 1. The normalized spacial score (nSPS) is 16.4. The highest BCUT2D eigenvalue weighted by Gasteiger charge is 2.38. The molecule has 3 aromatic rings. The fourth-order valence-corrected chi connectivity index (χ4v) is 3.31. The number of halogens is 4. The first-order chi connectivity index (χ1) is 14.2. The summed E-state index contributed by atoms with van der Waals surface area (Å²) in [4.78, 5) is 21.9. The van der Waals surface area contributed by atoms with Crippen molar-refractivity contribution in [2.24, 2.45) is 0 Å². The van der Waals surface area contributed by atoms with Gasteiger partial charge in [0.15, 0.2) is 5.82 Å². The Bertz CT molecular complexity index is 1110. The first-order valence-electron chi connectivity index (χ1n) is 8.78. The number of amides is 1. The van der Waals surface area contributed by atoms with Crippen molar-refractivity contribution in [3.8, 4) is 11.7 Å². The van der Waals surface area contributed by atoms with E-state index in [9.17, 15) is 27.5 Å². The molecule has 8 nitrogen and oxygen atoms in total. The molecule has 30 heavy (non-hydrogen) atoms. The molecule has 4 rings (SSSR count). The number of hydrogen-bond acceptors (Lipinski definition) is 6. The molecule has 156 valence electrons. The van der Waals surface area contributed by atoms with Crippen molar-refractivity contribution in [2.75, 3.05) is 0 Å². The van der Waals surface area contributed by atoms with Gasteiger partial charge in [0, 0.05) is 12.5 Å². The summed E-state index contributed by atoms with van der Waals surface area (Å²) >= 11 is 0. The minimum Gasteiger partial charge on any atom is -0.506 e. The van der Waals surface area contributed by atoms with Gasteiger partial charge in [0.2, 0.25) is 0 Å². The summed E-state index contributed by atoms with van der Waals surface area (Å²) in [5.41, 5.74) is -0.722. The molecule has 12 heteroatoms. The van der Waals surface area contributed by atoms with Gasteiger partial charge in [-0.3, -0.25) is 4.79 Å². The van der Waals surface area contributed by atoms with E-state index in [1.165, 1.54) is 9.58 Å². The van der Waals surface area contributed by atoms with Crippen LogP contribution in [0.1, 0.15) is 34.2 Å². The van der Waals surface area contributed by atoms with E-state index in [1.807, 2.05) is 0 Å². The first kappa shape index (κ1) is 19.7. The Kier molecular flexibility index (Phi) is 4.63. The highest BCUT2D eigenvalue weighted by atomic mass is 19.4. The zero-order valence-corrected chi connectivity index (χ0v) is 15.4. The van der Waals surface area contributed by atoms with Gasteiger partial charge in [-0.2, -0.15) is 17.9 Å². The van der Waals surface area contributed by atoms with E-state index in [1.54, 1.807) is 6.92 Å². The molecule has 1 aromatic carbocycles. The van der Waals surface area contributed by atoms with Crippen LogP contribution < -0.4 is 0 Å². The molecule has 0 aliphatic carbocycles. The predicted molar refractivity (Wildman–Crippen MR) is 93.1 cm³/mol. The number of fused-ring (bicyclic) bond motifs is 1. The summed E-state index contributed by atoms with van der Waals surface area (Å²) in [6.45, 7) is 1.67. The summed E-state index contributed by atoms with van der Waals surface area (Å²) in [5, 5.41) is 18.0. The van der Waals surface area contributed by atoms with Crippen LogP contribution in [0.25, 0.3) is 5.95 Å². The van der Waals surface area contributed by atoms with Gasteiger partial charge in [-0.05, 0) is 19.1 Å². The minimum absolute atomic E-state index is 0.0355. The van der Waals surface area contributed by atoms with E-state index >= 15 is 0 Å². The highest BCUT2D eigenvalue weighted by molar-refractivity contribution is 5.97. The van der Waals surface area contributed by atoms with E-state index in [-0.39, 0.29) is 18.9 Å². The average Bonchev–Trinajstić information content (AvgIpc) is 3.09. The third kappa shape index (κ3) is 3.33. The molecule has 1 unspecified atom stereocenters. The Morgan fingerprint density at radius 1 is 1.23 bits per heavy atom. The van der Waals surface area contributed by atoms with Crippen LogP contribution in [0.15, 0.2) is 30.6 Å². The molecule has 0 radical (unpaired) electrons. The number of carbonyl (C=O) groups excluding carboxylic acids is 1. The molecule has 1 amide bonds. The third-order valence-corrected chi connectivity index (χ3v) is 4.81. The summed E-state index contributed by atoms with van der Waals surface area (Å²) in [7, 11) is 0. The Hall–Kier alpha value is -3.57. The van der Waals surface area contributed by atoms with Crippen LogP contribution in [0.4, 0.5) is 17.6 Å². The quantitative estimate of drug-likeness (QED) is 0.638. The van der Waals surface area contributed by atoms with E-state index in [2.05, 4.69) is 20.3 Å². The second-order valence-corrected chi connectivity index (χ2v) is 6.78. The minimum atomic E-state index is -4.79. The lowest BCUT2D eigenvalue weighted by atomic mass is 10.0. The SMILES string of the molecule is CC1Cc2c(nnn2-c2ncc(F)cn2)CN1C(=O)c1cccc(C(F)(F)F)c1O. The number of phenolic OH excluding ortho intramolecular Hbond substituents is 1. The maximum atomic E-state index is 13.1. The standard InChI is InChI=1S/C18H14F4N6O2/c1-9-5-14-13(25-26-28(14)17-23-6-10(19)7-24-17)8-27(9)16(30)11-3-2-4-12(15(11)29)18(20,21)22/h2-4,6-7,9,29H,5,8H2,1H3. The van der Waals surface area contributed by atoms with Crippen LogP contribution in [0.2, 0.25) is 0 Å². The summed E-state index contributed by atoms with van der Waals surface area (Å²) in [6.07, 6.45) is -2.57. The van der Waals surface area contributed by atoms with Gasteiger partial charge in [0.1, 0.15) is 11.4 Å². The van der Waals surface area contributed by atoms with Crippen LogP contribution in [0.3, 0.4) is 0 Å². The Labute approximate surface area is 166 Å². The number of carbonyl (C=O) groups is 1. The Morgan fingerprint density at radius 3 is 2.60 bits per heavy atom. The van der Waals surface area contributed by atoms with Crippen molar-refractivity contribution >= 4 is 5.91 Å². The number of phenols is 1. The molecule has 3 heterocycles. The number of benzene rings is 1. The average molecular weight is 422 g/mol. The highest BCUT2D eigenvalue weighted by Crippen LogP contribution is 2.38. The number of alkyl halides is 3. The van der Waals surface area contributed by atoms with Crippen LogP contribution in [0.5, 0.6) is 5.75 Å². The molecular weight excluding hydrogens is 408 g/mol. The maximum absolute atomic E-state index is 13.1. The van der Waals surface area contributed by atoms with Gasteiger partial charge in [-0.15, -0.1) is 5.10 Å². The van der Waals surface area contributed by atoms with Crippen LogP contribution in [-0.2, 0) is 19.1 Å². The number of rotatable bonds is 2. The number of hydrogen-bond donors (Lipinski definition) is 1. The van der Waals surface area contributed by atoms with Gasteiger partial charge in [0.25, 0.3) is 11.9 Å². The monoisotopic (exact) mass is 422 g/mol. The molecule has 0 saturated heterocycles. The zero-order chi connectivity index (χ0) is 21.6. The van der Waals surface area contributed by atoms with E-state index in [0.717, 1.165) is 24.5 Å². The van der Waals surface area contributed by atoms with Gasteiger partial charge in [-0.1, -0.05) is 11.3 Å². The van der Waals surface area contributed by atoms with Crippen molar-refractivity contribution in [1.82, 2.24) is 29.9 Å². The van der Waals surface area contributed by atoms with Crippen LogP contribution >= 0.6 is 0 Å². The van der Waals surface area contributed by atoms with Crippen LogP contribution in [0, 0.1) is 5.82 Å². The molecule has 2 aromatic heterocycles. The lowest BCUT2D eigenvalue weighted by Gasteiger charge is -2.33. The second kappa shape index (κ2) is 7.04. The second-order valence-electron chi connectivity index (χ2n) is 6.78. The van der Waals surface area contributed by atoms with Crippen molar-refractivity contribution in [1.29, 1.82) is 0 Å². The molecule has 1 aliphatic heterocycles. The molecule has 0 saturated carbocycles. The van der Waals surface area contributed by atoms with E-state index < -0.39 is 40.8 Å².